The van der Waals surface area contributed by atoms with Crippen molar-refractivity contribution in [3.8, 4) is 11.1 Å². The number of nitrogens with one attached hydrogen (secondary N) is 1. The summed E-state index contributed by atoms with van der Waals surface area (Å²) in [6.07, 6.45) is 1.36. The maximum atomic E-state index is 12.9. The third-order valence-corrected chi connectivity index (χ3v) is 6.31. The molecule has 2 aromatic rings. The summed E-state index contributed by atoms with van der Waals surface area (Å²) < 4.78 is 11.0. The van der Waals surface area contributed by atoms with E-state index >= 15 is 0 Å². The van der Waals surface area contributed by atoms with E-state index in [9.17, 15) is 24.3 Å². The minimum atomic E-state index is -1.15. The third-order valence-electron chi connectivity index (χ3n) is 6.31. The Morgan fingerprint density at radius 1 is 0.921 bits per heavy atom. The molecule has 2 atom stereocenters. The zero-order chi connectivity index (χ0) is 27.7. The van der Waals surface area contributed by atoms with E-state index in [1.807, 2.05) is 48.5 Å². The molecule has 2 aromatic carbocycles. The number of hydrogen-bond donors (Lipinski definition) is 3. The molecule has 0 spiro atoms. The lowest BCUT2D eigenvalue weighted by Gasteiger charge is -2.24. The van der Waals surface area contributed by atoms with Crippen molar-refractivity contribution in [2.24, 2.45) is 5.92 Å². The van der Waals surface area contributed by atoms with E-state index in [0.29, 0.717) is 0 Å². The van der Waals surface area contributed by atoms with Crippen molar-refractivity contribution in [1.82, 2.24) is 5.32 Å². The normalized spacial score (nSPS) is 14.0. The highest BCUT2D eigenvalue weighted by Crippen LogP contribution is 2.44. The van der Waals surface area contributed by atoms with Crippen LogP contribution in [0.2, 0.25) is 0 Å². The molecule has 202 valence electrons. The van der Waals surface area contributed by atoms with Crippen LogP contribution in [0.4, 0.5) is 4.79 Å². The van der Waals surface area contributed by atoms with Crippen LogP contribution in [0.3, 0.4) is 0 Å². The Hall–Kier alpha value is -4.14. The lowest BCUT2D eigenvalue weighted by molar-refractivity contribution is -0.155. The summed E-state index contributed by atoms with van der Waals surface area (Å²) in [6, 6.07) is 14.9. The number of carbonyl (C=O) groups is 4. The first-order chi connectivity index (χ1) is 18.2. The van der Waals surface area contributed by atoms with E-state index in [0.717, 1.165) is 22.3 Å². The molecule has 0 heterocycles. The number of ether oxygens (including phenoxy) is 2. The zero-order valence-corrected chi connectivity index (χ0v) is 21.5. The van der Waals surface area contributed by atoms with Gasteiger partial charge in [0.2, 0.25) is 0 Å². The first-order valence-corrected chi connectivity index (χ1v) is 12.6. The van der Waals surface area contributed by atoms with Gasteiger partial charge in [-0.25, -0.2) is 9.59 Å². The minimum Gasteiger partial charge on any atom is -0.481 e. The quantitative estimate of drug-likeness (QED) is 0.253. The number of esters is 1. The van der Waals surface area contributed by atoms with Crippen LogP contribution in [0.1, 0.15) is 56.6 Å². The fourth-order valence-corrected chi connectivity index (χ4v) is 4.44. The number of carboxylic acid groups (broad SMARTS) is 2. The van der Waals surface area contributed by atoms with Crippen LogP contribution >= 0.6 is 0 Å². The predicted molar refractivity (Wildman–Crippen MR) is 140 cm³/mol. The number of aliphatic carboxylic acids is 2. The lowest BCUT2D eigenvalue weighted by Crippen LogP contribution is -2.46. The molecule has 3 rings (SSSR count). The van der Waals surface area contributed by atoms with Gasteiger partial charge in [0.05, 0.1) is 6.42 Å². The molecule has 38 heavy (non-hydrogen) atoms. The van der Waals surface area contributed by atoms with Gasteiger partial charge in [0.25, 0.3) is 0 Å². The largest absolute Gasteiger partial charge is 0.481 e. The number of alkyl carbamates (subject to hydrolysis) is 1. The Balaban J connectivity index is 1.60. The molecule has 9 heteroatoms. The number of amides is 1. The standard InChI is InChI=1S/C29H33NO8/c1-18(2)27(28(35)38-19(16-26(33)34)10-4-3-5-15-25(31)32)30-29(36)37-17-24-22-13-8-6-11-20(22)21-12-7-9-14-23(21)24/h3-4,6-9,11-14,18-19,24,27H,5,10,15-17H2,1-2H3,(H,30,36)(H,31,32)(H,33,34)/b4-3-/t19-,27+/m1/s1. The van der Waals surface area contributed by atoms with E-state index in [1.54, 1.807) is 26.0 Å². The summed E-state index contributed by atoms with van der Waals surface area (Å²) >= 11 is 0. The number of rotatable bonds is 13. The highest BCUT2D eigenvalue weighted by molar-refractivity contribution is 5.82. The second-order valence-corrected chi connectivity index (χ2v) is 9.49. The Morgan fingerprint density at radius 2 is 1.53 bits per heavy atom. The average molecular weight is 524 g/mol. The summed E-state index contributed by atoms with van der Waals surface area (Å²) in [6.45, 7) is 3.55. The molecule has 1 aliphatic rings. The van der Waals surface area contributed by atoms with Crippen molar-refractivity contribution in [2.45, 2.75) is 57.6 Å². The van der Waals surface area contributed by atoms with Crippen LogP contribution in [0.15, 0.2) is 60.7 Å². The molecule has 3 N–H and O–H groups in total. The van der Waals surface area contributed by atoms with Crippen LogP contribution in [0.25, 0.3) is 11.1 Å². The number of benzene rings is 2. The van der Waals surface area contributed by atoms with Gasteiger partial charge in [-0.05, 0) is 34.6 Å². The molecular weight excluding hydrogens is 490 g/mol. The molecule has 0 saturated heterocycles. The highest BCUT2D eigenvalue weighted by atomic mass is 16.6. The van der Waals surface area contributed by atoms with E-state index in [1.165, 1.54) is 0 Å². The van der Waals surface area contributed by atoms with Gasteiger partial charge in [0.15, 0.2) is 0 Å². The van der Waals surface area contributed by atoms with Crippen molar-refractivity contribution >= 4 is 24.0 Å². The van der Waals surface area contributed by atoms with E-state index in [-0.39, 0.29) is 37.7 Å². The van der Waals surface area contributed by atoms with Crippen LogP contribution in [-0.4, -0.2) is 53.0 Å². The molecule has 0 bridgehead atoms. The van der Waals surface area contributed by atoms with Gasteiger partial charge < -0.3 is 25.0 Å². The van der Waals surface area contributed by atoms with Crippen molar-refractivity contribution in [2.75, 3.05) is 6.61 Å². The smallest absolute Gasteiger partial charge is 0.407 e. The fourth-order valence-electron chi connectivity index (χ4n) is 4.44. The van der Waals surface area contributed by atoms with E-state index in [4.69, 9.17) is 14.6 Å². The number of allylic oxidation sites excluding steroid dienone is 1. The SMILES string of the molecule is CC(C)[C@H](NC(=O)OCC1c2ccccc2-c2ccccc21)C(=O)O[C@H](C/C=C\CCC(=O)O)CC(=O)O. The van der Waals surface area contributed by atoms with E-state index in [2.05, 4.69) is 5.32 Å². The second-order valence-electron chi connectivity index (χ2n) is 9.49. The summed E-state index contributed by atoms with van der Waals surface area (Å²) in [5.41, 5.74) is 4.33. The van der Waals surface area contributed by atoms with Gasteiger partial charge in [0.1, 0.15) is 18.8 Å². The maximum absolute atomic E-state index is 12.9. The third kappa shape index (κ3) is 7.68. The Morgan fingerprint density at radius 3 is 2.08 bits per heavy atom. The summed E-state index contributed by atoms with van der Waals surface area (Å²) in [5.74, 6) is -3.33. The summed E-state index contributed by atoms with van der Waals surface area (Å²) in [7, 11) is 0. The molecule has 0 aliphatic heterocycles. The Kier molecular flexibility index (Phi) is 10.0. The molecule has 0 unspecified atom stereocenters. The first kappa shape index (κ1) is 28.4. The van der Waals surface area contributed by atoms with Crippen molar-refractivity contribution < 1.29 is 38.9 Å². The van der Waals surface area contributed by atoms with Gasteiger partial charge in [0, 0.05) is 18.8 Å². The van der Waals surface area contributed by atoms with Crippen molar-refractivity contribution in [3.05, 3.63) is 71.8 Å². The fraction of sp³-hybridized carbons (Fsp3) is 0.379. The molecule has 0 radical (unpaired) electrons. The van der Waals surface area contributed by atoms with Crippen LogP contribution in [-0.2, 0) is 23.9 Å². The maximum Gasteiger partial charge on any atom is 0.407 e. The highest BCUT2D eigenvalue weighted by Gasteiger charge is 2.32. The Labute approximate surface area is 221 Å². The van der Waals surface area contributed by atoms with Crippen molar-refractivity contribution in [1.29, 1.82) is 0 Å². The number of fused-ring (bicyclic) bond motifs is 3. The van der Waals surface area contributed by atoms with Gasteiger partial charge in [-0.2, -0.15) is 0 Å². The molecule has 0 aromatic heterocycles. The van der Waals surface area contributed by atoms with Gasteiger partial charge in [-0.3, -0.25) is 9.59 Å². The molecule has 0 fully saturated rings. The topological polar surface area (TPSA) is 139 Å². The number of hydrogen-bond acceptors (Lipinski definition) is 6. The van der Waals surface area contributed by atoms with Crippen LogP contribution < -0.4 is 5.32 Å². The van der Waals surface area contributed by atoms with Gasteiger partial charge in [-0.1, -0.05) is 74.5 Å². The second kappa shape index (κ2) is 13.4. The van der Waals surface area contributed by atoms with Crippen LogP contribution in [0.5, 0.6) is 0 Å². The number of carbonyl (C=O) groups excluding carboxylic acids is 2. The molecule has 1 amide bonds. The molecule has 9 nitrogen and oxygen atoms in total. The molecule has 0 saturated carbocycles. The minimum absolute atomic E-state index is 0.0562. The first-order valence-electron chi connectivity index (χ1n) is 12.6. The Bertz CT molecular complexity index is 1140. The average Bonchev–Trinajstić information content (AvgIpc) is 3.18. The summed E-state index contributed by atoms with van der Waals surface area (Å²) in [5, 5.41) is 20.5. The predicted octanol–water partition coefficient (Wildman–Crippen LogP) is 4.75. The number of carboxylic acids is 2. The van der Waals surface area contributed by atoms with Gasteiger partial charge >= 0.3 is 24.0 Å². The molecule has 1 aliphatic carbocycles. The van der Waals surface area contributed by atoms with Gasteiger partial charge in [-0.15, -0.1) is 0 Å². The lowest BCUT2D eigenvalue weighted by atomic mass is 9.98. The monoisotopic (exact) mass is 523 g/mol. The van der Waals surface area contributed by atoms with Crippen molar-refractivity contribution in [3.63, 3.8) is 0 Å². The van der Waals surface area contributed by atoms with Crippen LogP contribution in [0, 0.1) is 5.92 Å². The zero-order valence-electron chi connectivity index (χ0n) is 21.5. The van der Waals surface area contributed by atoms with E-state index < -0.39 is 42.6 Å². The molecular formula is C29H33NO8. The summed E-state index contributed by atoms with van der Waals surface area (Å²) in [4.78, 5) is 47.5.